The van der Waals surface area contributed by atoms with E-state index in [1.54, 1.807) is 12.1 Å². The van der Waals surface area contributed by atoms with Crippen molar-refractivity contribution in [1.82, 2.24) is 0 Å². The second-order valence-corrected chi connectivity index (χ2v) is 3.38. The molecule has 13 heavy (non-hydrogen) atoms. The van der Waals surface area contributed by atoms with Crippen molar-refractivity contribution in [1.29, 1.82) is 0 Å². The molecular weight excluding hydrogens is 165 g/mol. The summed E-state index contributed by atoms with van der Waals surface area (Å²) in [5, 5.41) is 0. The maximum absolute atomic E-state index is 12.9. The molecule has 1 aromatic rings. The van der Waals surface area contributed by atoms with Gasteiger partial charge in [0.1, 0.15) is 5.82 Å². The molecule has 1 aliphatic heterocycles. The first kappa shape index (κ1) is 8.42. The zero-order chi connectivity index (χ0) is 9.26. The minimum Gasteiger partial charge on any atom is -0.260 e. The largest absolute Gasteiger partial charge is 0.260 e. The summed E-state index contributed by atoms with van der Waals surface area (Å²) in [5.41, 5.74) is 1.97. The summed E-state index contributed by atoms with van der Waals surface area (Å²) in [7, 11) is 0. The van der Waals surface area contributed by atoms with Crippen LogP contribution in [0.5, 0.6) is 0 Å². The van der Waals surface area contributed by atoms with Crippen molar-refractivity contribution in [2.45, 2.75) is 25.7 Å². The highest BCUT2D eigenvalue weighted by molar-refractivity contribution is 5.80. The van der Waals surface area contributed by atoms with E-state index >= 15 is 0 Å². The molecule has 0 saturated carbocycles. The molecule has 2 rings (SSSR count). The van der Waals surface area contributed by atoms with Crippen LogP contribution in [0.3, 0.4) is 0 Å². The van der Waals surface area contributed by atoms with Gasteiger partial charge in [-0.25, -0.2) is 4.39 Å². The summed E-state index contributed by atoms with van der Waals surface area (Å²) in [5.74, 6) is 0.168. The van der Waals surface area contributed by atoms with E-state index in [2.05, 4.69) is 11.9 Å². The van der Waals surface area contributed by atoms with Crippen LogP contribution in [0.4, 0.5) is 10.1 Å². The Bertz CT molecular complexity index is 344. The van der Waals surface area contributed by atoms with Crippen molar-refractivity contribution in [3.8, 4) is 0 Å². The molecule has 0 saturated heterocycles. The molecule has 0 N–H and O–H groups in total. The Labute approximate surface area is 77.3 Å². The van der Waals surface area contributed by atoms with Gasteiger partial charge in [0.25, 0.3) is 0 Å². The zero-order valence-electron chi connectivity index (χ0n) is 7.63. The summed E-state index contributed by atoms with van der Waals surface area (Å²) in [6, 6.07) is 4.81. The highest BCUT2D eigenvalue weighted by Crippen LogP contribution is 2.34. The second kappa shape index (κ2) is 3.29. The van der Waals surface area contributed by atoms with Crippen molar-refractivity contribution in [3.05, 3.63) is 29.6 Å². The summed E-state index contributed by atoms with van der Waals surface area (Å²) in [6.45, 7) is 2.13. The highest BCUT2D eigenvalue weighted by Gasteiger charge is 2.17. The van der Waals surface area contributed by atoms with Crippen molar-refractivity contribution in [3.63, 3.8) is 0 Å². The van der Waals surface area contributed by atoms with Crippen LogP contribution in [-0.4, -0.2) is 6.21 Å². The fourth-order valence-electron chi connectivity index (χ4n) is 1.73. The van der Waals surface area contributed by atoms with Gasteiger partial charge in [-0.05, 0) is 30.2 Å². The molecule has 1 heterocycles. The normalized spacial score (nSPS) is 19.1. The number of nitrogens with zero attached hydrogens (tertiary/aromatic N) is 1. The minimum absolute atomic E-state index is 0.162. The molecule has 1 nitrogen and oxygen atoms in total. The average Bonchev–Trinajstić information content (AvgIpc) is 2.49. The molecule has 1 aliphatic rings. The topological polar surface area (TPSA) is 12.4 Å². The van der Waals surface area contributed by atoms with Gasteiger partial charge in [-0.15, -0.1) is 0 Å². The van der Waals surface area contributed by atoms with Gasteiger partial charge in [-0.2, -0.15) is 0 Å². The fourth-order valence-corrected chi connectivity index (χ4v) is 1.73. The number of benzene rings is 1. The van der Waals surface area contributed by atoms with Gasteiger partial charge < -0.3 is 0 Å². The maximum Gasteiger partial charge on any atom is 0.123 e. The second-order valence-electron chi connectivity index (χ2n) is 3.38. The summed E-state index contributed by atoms with van der Waals surface area (Å²) >= 11 is 0. The third-order valence-corrected chi connectivity index (χ3v) is 2.38. The van der Waals surface area contributed by atoms with E-state index in [4.69, 9.17) is 0 Å². The Hall–Kier alpha value is -1.18. The molecule has 0 amide bonds. The van der Waals surface area contributed by atoms with Crippen LogP contribution in [0, 0.1) is 5.82 Å². The van der Waals surface area contributed by atoms with E-state index in [0.29, 0.717) is 5.92 Å². The molecule has 0 aromatic heterocycles. The van der Waals surface area contributed by atoms with Crippen molar-refractivity contribution >= 4 is 11.9 Å². The van der Waals surface area contributed by atoms with Crippen LogP contribution in [0.25, 0.3) is 0 Å². The molecule has 0 fully saturated rings. The zero-order valence-corrected chi connectivity index (χ0v) is 7.63. The van der Waals surface area contributed by atoms with Gasteiger partial charge >= 0.3 is 0 Å². The van der Waals surface area contributed by atoms with Gasteiger partial charge in [0, 0.05) is 12.1 Å². The van der Waals surface area contributed by atoms with Gasteiger partial charge in [0.05, 0.1) is 5.69 Å². The Morgan fingerprint density at radius 2 is 2.31 bits per heavy atom. The lowest BCUT2D eigenvalue weighted by Gasteiger charge is -2.06. The predicted molar refractivity (Wildman–Crippen MR) is 52.2 cm³/mol. The third-order valence-electron chi connectivity index (χ3n) is 2.38. The number of hydrogen-bond donors (Lipinski definition) is 0. The molecule has 1 aromatic carbocycles. The van der Waals surface area contributed by atoms with Gasteiger partial charge in [-0.1, -0.05) is 13.3 Å². The lowest BCUT2D eigenvalue weighted by atomic mass is 9.97. The standard InChI is InChI=1S/C11H12FN/c1-2-3-8-7-13-11-5-4-9(12)6-10(8)11/h4-8H,2-3H2,1H3. The van der Waals surface area contributed by atoms with Crippen LogP contribution >= 0.6 is 0 Å². The number of halogens is 1. The third kappa shape index (κ3) is 1.48. The van der Waals surface area contributed by atoms with Crippen molar-refractivity contribution in [2.24, 2.45) is 4.99 Å². The molecule has 1 atom stereocenters. The molecule has 0 aliphatic carbocycles. The first-order valence-corrected chi connectivity index (χ1v) is 4.65. The van der Waals surface area contributed by atoms with E-state index in [0.717, 1.165) is 24.1 Å². The maximum atomic E-state index is 12.9. The lowest BCUT2D eigenvalue weighted by molar-refractivity contribution is 0.623. The molecule has 0 radical (unpaired) electrons. The summed E-state index contributed by atoms with van der Waals surface area (Å²) in [4.78, 5) is 4.25. The van der Waals surface area contributed by atoms with Crippen LogP contribution in [0.15, 0.2) is 23.2 Å². The lowest BCUT2D eigenvalue weighted by Crippen LogP contribution is -1.95. The Morgan fingerprint density at radius 1 is 1.46 bits per heavy atom. The number of aliphatic imine (C=N–C) groups is 1. The van der Waals surface area contributed by atoms with Crippen molar-refractivity contribution < 1.29 is 4.39 Å². The number of hydrogen-bond acceptors (Lipinski definition) is 1. The predicted octanol–water partition coefficient (Wildman–Crippen LogP) is 3.43. The van der Waals surface area contributed by atoms with Gasteiger partial charge in [0.15, 0.2) is 0 Å². The van der Waals surface area contributed by atoms with E-state index in [-0.39, 0.29) is 5.82 Å². The smallest absolute Gasteiger partial charge is 0.123 e. The van der Waals surface area contributed by atoms with Crippen LogP contribution in [-0.2, 0) is 0 Å². The quantitative estimate of drug-likeness (QED) is 0.656. The van der Waals surface area contributed by atoms with Crippen molar-refractivity contribution in [2.75, 3.05) is 0 Å². The highest BCUT2D eigenvalue weighted by atomic mass is 19.1. The molecule has 2 heteroatoms. The van der Waals surface area contributed by atoms with Crippen LogP contribution < -0.4 is 0 Å². The first-order valence-electron chi connectivity index (χ1n) is 4.65. The first-order chi connectivity index (χ1) is 6.31. The SMILES string of the molecule is CCCC1C=Nc2ccc(F)cc21. The molecule has 0 spiro atoms. The van der Waals surface area contributed by atoms with Crippen LogP contribution in [0.1, 0.15) is 31.2 Å². The van der Waals surface area contributed by atoms with E-state index in [1.807, 2.05) is 6.21 Å². The fraction of sp³-hybridized carbons (Fsp3) is 0.364. The summed E-state index contributed by atoms with van der Waals surface area (Å²) in [6.07, 6.45) is 4.08. The van der Waals surface area contributed by atoms with E-state index in [1.165, 1.54) is 6.07 Å². The molecule has 1 unspecified atom stereocenters. The number of rotatable bonds is 2. The average molecular weight is 177 g/mol. The minimum atomic E-state index is -0.162. The Balaban J connectivity index is 2.34. The van der Waals surface area contributed by atoms with Gasteiger partial charge in [-0.3, -0.25) is 4.99 Å². The Morgan fingerprint density at radius 3 is 3.08 bits per heavy atom. The van der Waals surface area contributed by atoms with Gasteiger partial charge in [0.2, 0.25) is 0 Å². The molecular formula is C11H12FN. The summed E-state index contributed by atoms with van der Waals surface area (Å²) < 4.78 is 12.9. The van der Waals surface area contributed by atoms with E-state index < -0.39 is 0 Å². The number of fused-ring (bicyclic) bond motifs is 1. The molecule has 68 valence electrons. The van der Waals surface area contributed by atoms with Crippen LogP contribution in [0.2, 0.25) is 0 Å². The monoisotopic (exact) mass is 177 g/mol. The Kier molecular flexibility index (Phi) is 2.13. The molecule has 0 bridgehead atoms. The van der Waals surface area contributed by atoms with E-state index in [9.17, 15) is 4.39 Å².